The van der Waals surface area contributed by atoms with E-state index in [0.717, 1.165) is 12.4 Å². The number of piperidine rings is 1. The summed E-state index contributed by atoms with van der Waals surface area (Å²) in [6.45, 7) is 9.62. The zero-order chi connectivity index (χ0) is 14.6. The Balaban J connectivity index is 1.90. The number of rotatable bonds is 5. The molecule has 0 unspecified atom stereocenters. The van der Waals surface area contributed by atoms with Crippen molar-refractivity contribution in [1.82, 2.24) is 14.9 Å². The van der Waals surface area contributed by atoms with Crippen molar-refractivity contribution in [3.63, 3.8) is 0 Å². The molecule has 0 radical (unpaired) electrons. The molecule has 0 saturated carbocycles. The number of anilines is 1. The molecule has 0 amide bonds. The normalized spacial score (nSPS) is 19.1. The lowest BCUT2D eigenvalue weighted by atomic mass is 9.80. The Morgan fingerprint density at radius 1 is 1.35 bits per heavy atom. The molecule has 5 heteroatoms. The predicted molar refractivity (Wildman–Crippen MR) is 81.1 cm³/mol. The molecule has 1 aliphatic heterocycles. The lowest BCUT2D eigenvalue weighted by Crippen LogP contribution is -2.40. The highest BCUT2D eigenvalue weighted by atomic mass is 16.5. The molecule has 1 aromatic heterocycles. The van der Waals surface area contributed by atoms with Crippen LogP contribution in [-0.4, -0.2) is 47.7 Å². The maximum absolute atomic E-state index is 5.59. The van der Waals surface area contributed by atoms with Gasteiger partial charge in [-0.05, 0) is 52.2 Å². The summed E-state index contributed by atoms with van der Waals surface area (Å²) in [5.41, 5.74) is 0.344. The Labute approximate surface area is 121 Å². The minimum absolute atomic E-state index is 0.129. The van der Waals surface area contributed by atoms with Crippen molar-refractivity contribution in [2.45, 2.75) is 39.7 Å². The fraction of sp³-hybridized carbons (Fsp3) is 0.733. The summed E-state index contributed by atoms with van der Waals surface area (Å²) in [6.07, 6.45) is 4.12. The first kappa shape index (κ1) is 15.0. The second kappa shape index (κ2) is 6.39. The van der Waals surface area contributed by atoms with Gasteiger partial charge in [0.25, 0.3) is 0 Å². The Hall–Kier alpha value is -1.36. The van der Waals surface area contributed by atoms with Crippen molar-refractivity contribution in [2.24, 2.45) is 5.41 Å². The van der Waals surface area contributed by atoms with E-state index in [9.17, 15) is 0 Å². The molecule has 1 fully saturated rings. The Morgan fingerprint density at radius 3 is 2.70 bits per heavy atom. The second-order valence-electron chi connectivity index (χ2n) is 6.38. The van der Waals surface area contributed by atoms with Crippen LogP contribution in [0.3, 0.4) is 0 Å². The molecule has 0 aliphatic carbocycles. The van der Waals surface area contributed by atoms with E-state index in [1.54, 1.807) is 6.33 Å². The SMILES string of the molecule is CC(C)Oc1cc(NCC2(C)CCN(C)CC2)ncn1. The zero-order valence-electron chi connectivity index (χ0n) is 13.0. The summed E-state index contributed by atoms with van der Waals surface area (Å²) in [6, 6.07) is 1.87. The smallest absolute Gasteiger partial charge is 0.218 e. The first-order valence-corrected chi connectivity index (χ1v) is 7.38. The van der Waals surface area contributed by atoms with Crippen LogP contribution in [0.5, 0.6) is 5.88 Å². The largest absolute Gasteiger partial charge is 0.475 e. The van der Waals surface area contributed by atoms with E-state index in [0.29, 0.717) is 11.3 Å². The lowest BCUT2D eigenvalue weighted by molar-refractivity contribution is 0.150. The maximum Gasteiger partial charge on any atom is 0.218 e. The van der Waals surface area contributed by atoms with Crippen LogP contribution in [-0.2, 0) is 0 Å². The molecule has 20 heavy (non-hydrogen) atoms. The third-order valence-electron chi connectivity index (χ3n) is 3.89. The lowest BCUT2D eigenvalue weighted by Gasteiger charge is -2.38. The third-order valence-corrected chi connectivity index (χ3v) is 3.89. The minimum atomic E-state index is 0.129. The summed E-state index contributed by atoms with van der Waals surface area (Å²) in [4.78, 5) is 10.8. The molecule has 2 heterocycles. The Bertz CT molecular complexity index is 428. The third kappa shape index (κ3) is 4.34. The van der Waals surface area contributed by atoms with Gasteiger partial charge in [-0.15, -0.1) is 0 Å². The molecule has 0 bridgehead atoms. The van der Waals surface area contributed by atoms with Crippen molar-refractivity contribution >= 4 is 5.82 Å². The number of likely N-dealkylation sites (tertiary alicyclic amines) is 1. The van der Waals surface area contributed by atoms with Crippen LogP contribution in [0.4, 0.5) is 5.82 Å². The highest BCUT2D eigenvalue weighted by Crippen LogP contribution is 2.30. The van der Waals surface area contributed by atoms with Gasteiger partial charge in [0.1, 0.15) is 12.1 Å². The average molecular weight is 278 g/mol. The Morgan fingerprint density at radius 2 is 2.05 bits per heavy atom. The molecular formula is C15H26N4O. The van der Waals surface area contributed by atoms with Gasteiger partial charge in [-0.3, -0.25) is 0 Å². The van der Waals surface area contributed by atoms with Crippen molar-refractivity contribution in [2.75, 3.05) is 32.0 Å². The van der Waals surface area contributed by atoms with E-state index in [1.165, 1.54) is 25.9 Å². The van der Waals surface area contributed by atoms with Gasteiger partial charge < -0.3 is 15.0 Å². The summed E-state index contributed by atoms with van der Waals surface area (Å²) in [5, 5.41) is 3.43. The molecule has 112 valence electrons. The van der Waals surface area contributed by atoms with Gasteiger partial charge >= 0.3 is 0 Å². The van der Waals surface area contributed by atoms with E-state index < -0.39 is 0 Å². The van der Waals surface area contributed by atoms with Gasteiger partial charge in [-0.25, -0.2) is 9.97 Å². The molecular weight excluding hydrogens is 252 g/mol. The van der Waals surface area contributed by atoms with Crippen LogP contribution in [0.25, 0.3) is 0 Å². The van der Waals surface area contributed by atoms with Crippen LogP contribution in [0.1, 0.15) is 33.6 Å². The monoisotopic (exact) mass is 278 g/mol. The van der Waals surface area contributed by atoms with Gasteiger partial charge in [-0.1, -0.05) is 6.92 Å². The number of ether oxygens (including phenoxy) is 1. The van der Waals surface area contributed by atoms with Crippen molar-refractivity contribution in [1.29, 1.82) is 0 Å². The van der Waals surface area contributed by atoms with Crippen molar-refractivity contribution < 1.29 is 4.74 Å². The molecule has 0 aromatic carbocycles. The quantitative estimate of drug-likeness (QED) is 0.896. The van der Waals surface area contributed by atoms with E-state index >= 15 is 0 Å². The number of hydrogen-bond donors (Lipinski definition) is 1. The topological polar surface area (TPSA) is 50.3 Å². The van der Waals surface area contributed by atoms with Crippen molar-refractivity contribution in [3.8, 4) is 5.88 Å². The first-order valence-electron chi connectivity index (χ1n) is 7.38. The number of hydrogen-bond acceptors (Lipinski definition) is 5. The fourth-order valence-corrected chi connectivity index (χ4v) is 2.38. The van der Waals surface area contributed by atoms with Crippen molar-refractivity contribution in [3.05, 3.63) is 12.4 Å². The number of aromatic nitrogens is 2. The van der Waals surface area contributed by atoms with Crippen LogP contribution in [0.2, 0.25) is 0 Å². The summed E-state index contributed by atoms with van der Waals surface area (Å²) in [7, 11) is 2.19. The van der Waals surface area contributed by atoms with E-state index in [2.05, 4.69) is 34.2 Å². The van der Waals surface area contributed by atoms with Gasteiger partial charge in [0.2, 0.25) is 5.88 Å². The molecule has 1 N–H and O–H groups in total. The molecule has 0 atom stereocenters. The van der Waals surface area contributed by atoms with E-state index in [4.69, 9.17) is 4.74 Å². The number of nitrogens with one attached hydrogen (secondary N) is 1. The first-order chi connectivity index (χ1) is 9.47. The van der Waals surface area contributed by atoms with Gasteiger partial charge in [-0.2, -0.15) is 0 Å². The van der Waals surface area contributed by atoms with Crippen LogP contribution in [0, 0.1) is 5.41 Å². The predicted octanol–water partition coefficient (Wildman–Crippen LogP) is 2.41. The second-order valence-corrected chi connectivity index (χ2v) is 6.38. The van der Waals surface area contributed by atoms with E-state index in [-0.39, 0.29) is 6.10 Å². The molecule has 0 spiro atoms. The fourth-order valence-electron chi connectivity index (χ4n) is 2.38. The van der Waals surface area contributed by atoms with Gasteiger partial charge in [0, 0.05) is 12.6 Å². The molecule has 5 nitrogen and oxygen atoms in total. The zero-order valence-corrected chi connectivity index (χ0v) is 13.0. The maximum atomic E-state index is 5.59. The van der Waals surface area contributed by atoms with Crippen LogP contribution >= 0.6 is 0 Å². The average Bonchev–Trinajstić information content (AvgIpc) is 2.40. The Kier molecular flexibility index (Phi) is 4.81. The highest BCUT2D eigenvalue weighted by molar-refractivity contribution is 5.37. The van der Waals surface area contributed by atoms with Crippen LogP contribution < -0.4 is 10.1 Å². The minimum Gasteiger partial charge on any atom is -0.475 e. The van der Waals surface area contributed by atoms with Crippen LogP contribution in [0.15, 0.2) is 12.4 Å². The summed E-state index contributed by atoms with van der Waals surface area (Å²) < 4.78 is 5.59. The highest BCUT2D eigenvalue weighted by Gasteiger charge is 2.28. The van der Waals surface area contributed by atoms with Gasteiger partial charge in [0.15, 0.2) is 0 Å². The summed E-state index contributed by atoms with van der Waals surface area (Å²) >= 11 is 0. The molecule has 1 aliphatic rings. The van der Waals surface area contributed by atoms with Gasteiger partial charge in [0.05, 0.1) is 6.10 Å². The summed E-state index contributed by atoms with van der Waals surface area (Å²) in [5.74, 6) is 1.47. The van der Waals surface area contributed by atoms with E-state index in [1.807, 2.05) is 19.9 Å². The molecule has 1 saturated heterocycles. The standard InChI is InChI=1S/C15H26N4O/c1-12(2)20-14-9-13(17-11-18-14)16-10-15(3)5-7-19(4)8-6-15/h9,11-12H,5-8,10H2,1-4H3,(H,16,17,18). The molecule has 2 rings (SSSR count). The number of nitrogens with zero attached hydrogens (tertiary/aromatic N) is 3. The molecule has 1 aromatic rings.